The first-order valence-corrected chi connectivity index (χ1v) is 9.28. The number of aromatic hydroxyl groups is 1. The molecule has 1 aromatic carbocycles. The van der Waals surface area contributed by atoms with E-state index < -0.39 is 0 Å². The van der Waals surface area contributed by atoms with Crippen molar-refractivity contribution in [3.63, 3.8) is 0 Å². The number of carbonyl (C=O) groups excluding carboxylic acids is 1. The first kappa shape index (κ1) is 18.7. The number of aromatic nitrogens is 3. The summed E-state index contributed by atoms with van der Waals surface area (Å²) in [6.07, 6.45) is 4.62. The van der Waals surface area contributed by atoms with Crippen LogP contribution in [0, 0.1) is 11.3 Å². The number of aliphatic hydroxyl groups excluding tert-OH is 1. The van der Waals surface area contributed by atoms with Crippen molar-refractivity contribution < 1.29 is 15.0 Å². The predicted octanol–water partition coefficient (Wildman–Crippen LogP) is 2.15. The number of hydrogen-bond donors (Lipinski definition) is 3. The summed E-state index contributed by atoms with van der Waals surface area (Å²) >= 11 is 0. The number of pyridine rings is 1. The van der Waals surface area contributed by atoms with Gasteiger partial charge in [0, 0.05) is 12.2 Å². The highest BCUT2D eigenvalue weighted by Crippen LogP contribution is 2.30. The Hall–Kier alpha value is -3.70. The molecule has 1 fully saturated rings. The summed E-state index contributed by atoms with van der Waals surface area (Å²) in [5.74, 6) is 0.0423. The second-order valence-corrected chi connectivity index (χ2v) is 7.03. The smallest absolute Gasteiger partial charge is 0.253 e. The third-order valence-electron chi connectivity index (χ3n) is 5.04. The van der Waals surface area contributed by atoms with Crippen LogP contribution in [-0.2, 0) is 0 Å². The van der Waals surface area contributed by atoms with Crippen LogP contribution >= 0.6 is 0 Å². The molecule has 0 bridgehead atoms. The van der Waals surface area contributed by atoms with E-state index in [1.54, 1.807) is 36.4 Å². The minimum atomic E-state index is -0.353. The molecule has 0 spiro atoms. The monoisotopic (exact) mass is 389 g/mol. The van der Waals surface area contributed by atoms with Gasteiger partial charge in [-0.3, -0.25) is 4.79 Å². The first-order chi connectivity index (χ1) is 14.0. The fourth-order valence-electron chi connectivity index (χ4n) is 3.44. The summed E-state index contributed by atoms with van der Waals surface area (Å²) in [5.41, 5.74) is 2.16. The van der Waals surface area contributed by atoms with Gasteiger partial charge < -0.3 is 15.5 Å². The van der Waals surface area contributed by atoms with E-state index in [1.807, 2.05) is 0 Å². The number of hydrogen-bond acceptors (Lipinski definition) is 6. The number of nitrogens with one attached hydrogen (secondary N) is 1. The molecule has 3 N–H and O–H groups in total. The van der Waals surface area contributed by atoms with Crippen LogP contribution in [0.25, 0.3) is 16.9 Å². The van der Waals surface area contributed by atoms with Crippen molar-refractivity contribution >= 4 is 5.91 Å². The molecular weight excluding hydrogens is 370 g/mol. The quantitative estimate of drug-likeness (QED) is 0.628. The third-order valence-corrected chi connectivity index (χ3v) is 5.04. The fraction of sp³-hybridized carbons (Fsp3) is 0.238. The van der Waals surface area contributed by atoms with Gasteiger partial charge in [0.25, 0.3) is 5.91 Å². The van der Waals surface area contributed by atoms with Crippen molar-refractivity contribution in [2.45, 2.75) is 31.4 Å². The van der Waals surface area contributed by atoms with Crippen LogP contribution in [0.15, 0.2) is 48.8 Å². The van der Waals surface area contributed by atoms with Gasteiger partial charge in [-0.1, -0.05) is 12.1 Å². The molecule has 0 radical (unpaired) electrons. The third kappa shape index (κ3) is 3.81. The Morgan fingerprint density at radius 1 is 1.17 bits per heavy atom. The Labute approximate surface area is 167 Å². The second kappa shape index (κ2) is 7.73. The van der Waals surface area contributed by atoms with Crippen molar-refractivity contribution in [2.24, 2.45) is 0 Å². The van der Waals surface area contributed by atoms with Gasteiger partial charge in [-0.2, -0.15) is 15.0 Å². The Morgan fingerprint density at radius 2 is 1.97 bits per heavy atom. The van der Waals surface area contributed by atoms with Gasteiger partial charge in [0.2, 0.25) is 5.88 Å². The Balaban J connectivity index is 1.51. The molecule has 1 amide bonds. The molecule has 2 heterocycles. The second-order valence-electron chi connectivity index (χ2n) is 7.03. The summed E-state index contributed by atoms with van der Waals surface area (Å²) in [4.78, 5) is 16.6. The molecule has 3 aromatic rings. The van der Waals surface area contributed by atoms with Crippen LogP contribution in [0.1, 0.15) is 35.2 Å². The largest absolute Gasteiger partial charge is 0.493 e. The number of nitriles is 1. The summed E-state index contributed by atoms with van der Waals surface area (Å²) in [5, 5.41) is 36.1. The molecule has 8 nitrogen and oxygen atoms in total. The average molecular weight is 389 g/mol. The molecule has 146 valence electrons. The number of nitrogens with zero attached hydrogens (tertiary/aromatic N) is 4. The van der Waals surface area contributed by atoms with E-state index in [2.05, 4.69) is 21.5 Å². The van der Waals surface area contributed by atoms with Crippen LogP contribution in [-0.4, -0.2) is 43.0 Å². The zero-order valence-electron chi connectivity index (χ0n) is 15.5. The van der Waals surface area contributed by atoms with Crippen LogP contribution in [0.3, 0.4) is 0 Å². The predicted molar refractivity (Wildman–Crippen MR) is 104 cm³/mol. The van der Waals surface area contributed by atoms with Crippen molar-refractivity contribution in [1.82, 2.24) is 20.1 Å². The normalized spacial score (nSPS) is 18.3. The zero-order valence-corrected chi connectivity index (χ0v) is 15.5. The molecule has 0 unspecified atom stereocenters. The van der Waals surface area contributed by atoms with E-state index in [0.717, 1.165) is 12.0 Å². The molecule has 2 aromatic heterocycles. The van der Waals surface area contributed by atoms with E-state index in [9.17, 15) is 15.0 Å². The lowest BCUT2D eigenvalue weighted by Gasteiger charge is -2.12. The van der Waals surface area contributed by atoms with E-state index in [1.165, 1.54) is 17.1 Å². The fourth-order valence-corrected chi connectivity index (χ4v) is 3.44. The SMILES string of the molecule is N#Cc1ccc(-c2cnn(-c3ccc(C(=O)N[C@H]4CC[C@H](O)C4)cn3)c2O)cc1. The molecule has 0 aliphatic heterocycles. The van der Waals surface area contributed by atoms with Crippen LogP contribution in [0.4, 0.5) is 0 Å². The molecular formula is C21H19N5O3. The van der Waals surface area contributed by atoms with Crippen molar-refractivity contribution in [3.05, 3.63) is 59.9 Å². The summed E-state index contributed by atoms with van der Waals surface area (Å²) in [6, 6.07) is 12.1. The van der Waals surface area contributed by atoms with Crippen molar-refractivity contribution in [2.75, 3.05) is 0 Å². The molecule has 0 saturated heterocycles. The van der Waals surface area contributed by atoms with E-state index >= 15 is 0 Å². The maximum absolute atomic E-state index is 12.3. The topological polar surface area (TPSA) is 124 Å². The van der Waals surface area contributed by atoms with Gasteiger partial charge in [0.05, 0.1) is 35.1 Å². The Bertz CT molecular complexity index is 1070. The maximum Gasteiger partial charge on any atom is 0.253 e. The Morgan fingerprint density at radius 3 is 2.59 bits per heavy atom. The lowest BCUT2D eigenvalue weighted by molar-refractivity contribution is 0.0933. The molecule has 2 atom stereocenters. The summed E-state index contributed by atoms with van der Waals surface area (Å²) in [7, 11) is 0. The van der Waals surface area contributed by atoms with Gasteiger partial charge in [-0.15, -0.1) is 0 Å². The first-order valence-electron chi connectivity index (χ1n) is 9.28. The van der Waals surface area contributed by atoms with Crippen molar-refractivity contribution in [3.8, 4) is 28.9 Å². The van der Waals surface area contributed by atoms with Gasteiger partial charge in [-0.25, -0.2) is 4.98 Å². The standard InChI is InChI=1S/C21H19N5O3/c22-10-13-1-3-14(4-2-13)18-12-24-26(21(18)29)19-8-5-15(11-23-19)20(28)25-16-6-7-17(27)9-16/h1-5,8,11-12,16-17,27,29H,6-7,9H2,(H,25,28)/t16-,17-/m0/s1. The molecule has 4 rings (SSSR count). The molecule has 1 saturated carbocycles. The van der Waals surface area contributed by atoms with Crippen LogP contribution < -0.4 is 5.32 Å². The number of carbonyl (C=O) groups is 1. The molecule has 8 heteroatoms. The van der Waals surface area contributed by atoms with Gasteiger partial charge in [0.15, 0.2) is 5.82 Å². The number of rotatable bonds is 4. The number of benzene rings is 1. The van der Waals surface area contributed by atoms with E-state index in [4.69, 9.17) is 5.26 Å². The van der Waals surface area contributed by atoms with E-state index in [0.29, 0.717) is 35.3 Å². The minimum Gasteiger partial charge on any atom is -0.493 e. The molecule has 29 heavy (non-hydrogen) atoms. The van der Waals surface area contributed by atoms with Gasteiger partial charge >= 0.3 is 0 Å². The van der Waals surface area contributed by atoms with Crippen LogP contribution in [0.2, 0.25) is 0 Å². The highest BCUT2D eigenvalue weighted by molar-refractivity contribution is 5.94. The maximum atomic E-state index is 12.3. The summed E-state index contributed by atoms with van der Waals surface area (Å²) in [6.45, 7) is 0. The summed E-state index contributed by atoms with van der Waals surface area (Å²) < 4.78 is 1.28. The highest BCUT2D eigenvalue weighted by Gasteiger charge is 2.24. The molecule has 1 aliphatic carbocycles. The number of aliphatic hydroxyl groups is 1. The average Bonchev–Trinajstić information content (AvgIpc) is 3.33. The van der Waals surface area contributed by atoms with E-state index in [-0.39, 0.29) is 23.9 Å². The highest BCUT2D eigenvalue weighted by atomic mass is 16.3. The number of amides is 1. The molecule has 1 aliphatic rings. The van der Waals surface area contributed by atoms with Gasteiger partial charge in [0.1, 0.15) is 0 Å². The zero-order chi connectivity index (χ0) is 20.4. The van der Waals surface area contributed by atoms with Crippen LogP contribution in [0.5, 0.6) is 5.88 Å². The van der Waals surface area contributed by atoms with Gasteiger partial charge in [-0.05, 0) is 49.1 Å². The van der Waals surface area contributed by atoms with Crippen molar-refractivity contribution in [1.29, 1.82) is 5.26 Å². The minimum absolute atomic E-state index is 0.0256. The lowest BCUT2D eigenvalue weighted by atomic mass is 10.1. The Kier molecular flexibility index (Phi) is 4.97. The lowest BCUT2D eigenvalue weighted by Crippen LogP contribution is -2.33.